The quantitative estimate of drug-likeness (QED) is 0.721. The van der Waals surface area contributed by atoms with Crippen LogP contribution in [0, 0.1) is 0 Å². The molecule has 2 atom stereocenters. The van der Waals surface area contributed by atoms with E-state index in [0.717, 1.165) is 30.3 Å². The van der Waals surface area contributed by atoms with E-state index in [0.29, 0.717) is 0 Å². The first-order valence-electron chi connectivity index (χ1n) is 6.89. The van der Waals surface area contributed by atoms with E-state index in [4.69, 9.17) is 10.8 Å². The zero-order chi connectivity index (χ0) is 14.3. The second-order valence-electron chi connectivity index (χ2n) is 5.09. The number of benzene rings is 1. The molecule has 3 N–H and O–H groups in total. The average molecular weight is 329 g/mol. The molecule has 1 aromatic carbocycles. The Morgan fingerprint density at radius 1 is 1.26 bits per heavy atom. The fraction of sp³-hybridized carbons (Fsp3) is 0.600. The molecular formula is C15H25BrN2O. The molecule has 108 valence electrons. The summed E-state index contributed by atoms with van der Waals surface area (Å²) in [5, 5.41) is 8.80. The van der Waals surface area contributed by atoms with Crippen molar-refractivity contribution in [1.82, 2.24) is 4.90 Å². The van der Waals surface area contributed by atoms with E-state index >= 15 is 0 Å². The van der Waals surface area contributed by atoms with Crippen LogP contribution >= 0.6 is 15.9 Å². The van der Waals surface area contributed by atoms with Gasteiger partial charge in [0, 0.05) is 17.1 Å². The largest absolute Gasteiger partial charge is 0.396 e. The van der Waals surface area contributed by atoms with Crippen molar-refractivity contribution in [2.45, 2.75) is 38.3 Å². The van der Waals surface area contributed by atoms with Crippen molar-refractivity contribution in [3.05, 3.63) is 34.3 Å². The summed E-state index contributed by atoms with van der Waals surface area (Å²) in [4.78, 5) is 2.31. The summed E-state index contributed by atoms with van der Waals surface area (Å²) in [5.74, 6) is 0. The highest BCUT2D eigenvalue weighted by Crippen LogP contribution is 2.29. The van der Waals surface area contributed by atoms with Crippen LogP contribution in [0.25, 0.3) is 0 Å². The van der Waals surface area contributed by atoms with Crippen LogP contribution in [-0.4, -0.2) is 36.2 Å². The third-order valence-electron chi connectivity index (χ3n) is 3.37. The van der Waals surface area contributed by atoms with Crippen molar-refractivity contribution in [2.75, 3.05) is 20.2 Å². The van der Waals surface area contributed by atoms with E-state index in [9.17, 15) is 0 Å². The van der Waals surface area contributed by atoms with Gasteiger partial charge in [-0.3, -0.25) is 4.90 Å². The Balaban J connectivity index is 2.70. The summed E-state index contributed by atoms with van der Waals surface area (Å²) in [6.07, 6.45) is 3.03. The van der Waals surface area contributed by atoms with Gasteiger partial charge in [-0.1, -0.05) is 34.1 Å². The lowest BCUT2D eigenvalue weighted by Gasteiger charge is -2.32. The van der Waals surface area contributed by atoms with Crippen molar-refractivity contribution >= 4 is 15.9 Å². The molecule has 0 aliphatic heterocycles. The molecule has 1 aromatic rings. The lowest BCUT2D eigenvalue weighted by Crippen LogP contribution is -2.38. The van der Waals surface area contributed by atoms with Crippen LogP contribution in [0.15, 0.2) is 28.7 Å². The number of rotatable bonds is 8. The predicted octanol–water partition coefficient (Wildman–Crippen LogP) is 2.93. The molecule has 0 aliphatic rings. The molecule has 0 fully saturated rings. The molecule has 0 spiro atoms. The lowest BCUT2D eigenvalue weighted by atomic mass is 9.99. The SMILES string of the molecule is CC(N)C(c1ccccc1Br)N(C)CCCCCO. The third-order valence-corrected chi connectivity index (χ3v) is 4.09. The Labute approximate surface area is 124 Å². The number of nitrogens with zero attached hydrogens (tertiary/aromatic N) is 1. The topological polar surface area (TPSA) is 49.5 Å². The minimum Gasteiger partial charge on any atom is -0.396 e. The standard InChI is InChI=1S/C15H25BrN2O/c1-12(17)15(13-8-4-5-9-14(13)16)18(2)10-6-3-7-11-19/h4-5,8-9,12,15,19H,3,6-7,10-11,17H2,1-2H3. The summed E-state index contributed by atoms with van der Waals surface area (Å²) in [6, 6.07) is 8.54. The molecule has 0 aromatic heterocycles. The Morgan fingerprint density at radius 3 is 2.53 bits per heavy atom. The van der Waals surface area contributed by atoms with Crippen LogP contribution in [0.3, 0.4) is 0 Å². The smallest absolute Gasteiger partial charge is 0.0504 e. The number of nitrogens with two attached hydrogens (primary N) is 1. The van der Waals surface area contributed by atoms with Crippen molar-refractivity contribution in [3.8, 4) is 0 Å². The van der Waals surface area contributed by atoms with Crippen LogP contribution in [0.4, 0.5) is 0 Å². The Hall–Kier alpha value is -0.420. The molecule has 0 radical (unpaired) electrons. The average Bonchev–Trinajstić information content (AvgIpc) is 2.37. The minimum atomic E-state index is 0.0709. The Bertz CT molecular complexity index is 371. The Kier molecular flexibility index (Phi) is 7.61. The second kappa shape index (κ2) is 8.69. The fourth-order valence-electron chi connectivity index (χ4n) is 2.43. The molecule has 0 heterocycles. The molecule has 1 rings (SSSR count). The van der Waals surface area contributed by atoms with Gasteiger partial charge >= 0.3 is 0 Å². The first kappa shape index (κ1) is 16.6. The van der Waals surface area contributed by atoms with Crippen molar-refractivity contribution < 1.29 is 5.11 Å². The van der Waals surface area contributed by atoms with Gasteiger partial charge < -0.3 is 10.8 Å². The maximum atomic E-state index is 8.80. The molecule has 0 amide bonds. The first-order valence-corrected chi connectivity index (χ1v) is 7.68. The summed E-state index contributed by atoms with van der Waals surface area (Å²) in [6.45, 7) is 3.33. The van der Waals surface area contributed by atoms with E-state index in [2.05, 4.69) is 46.1 Å². The van der Waals surface area contributed by atoms with E-state index in [1.807, 2.05) is 13.0 Å². The van der Waals surface area contributed by atoms with Crippen LogP contribution in [-0.2, 0) is 0 Å². The zero-order valence-electron chi connectivity index (χ0n) is 11.8. The predicted molar refractivity (Wildman–Crippen MR) is 84.1 cm³/mol. The zero-order valence-corrected chi connectivity index (χ0v) is 13.4. The number of likely N-dealkylation sites (N-methyl/N-ethyl adjacent to an activating group) is 1. The number of halogens is 1. The van der Waals surface area contributed by atoms with E-state index in [-0.39, 0.29) is 18.7 Å². The van der Waals surface area contributed by atoms with E-state index < -0.39 is 0 Å². The van der Waals surface area contributed by atoms with Crippen molar-refractivity contribution in [1.29, 1.82) is 0 Å². The molecule has 2 unspecified atom stereocenters. The number of aliphatic hydroxyl groups excluding tert-OH is 1. The van der Waals surface area contributed by atoms with E-state index in [1.54, 1.807) is 0 Å². The molecule has 3 nitrogen and oxygen atoms in total. The van der Waals surface area contributed by atoms with Crippen LogP contribution in [0.2, 0.25) is 0 Å². The summed E-state index contributed by atoms with van der Waals surface area (Å²) >= 11 is 3.61. The Morgan fingerprint density at radius 2 is 1.95 bits per heavy atom. The van der Waals surface area contributed by atoms with Crippen molar-refractivity contribution in [3.63, 3.8) is 0 Å². The van der Waals surface area contributed by atoms with Crippen LogP contribution in [0.1, 0.15) is 37.8 Å². The van der Waals surface area contributed by atoms with Gasteiger partial charge in [0.05, 0.1) is 6.04 Å². The van der Waals surface area contributed by atoms with Gasteiger partial charge in [-0.25, -0.2) is 0 Å². The van der Waals surface area contributed by atoms with Crippen LogP contribution < -0.4 is 5.73 Å². The minimum absolute atomic E-state index is 0.0709. The molecule has 0 bridgehead atoms. The number of aliphatic hydroxyl groups is 1. The highest BCUT2D eigenvalue weighted by atomic mass is 79.9. The van der Waals surface area contributed by atoms with Gasteiger partial charge in [-0.15, -0.1) is 0 Å². The van der Waals surface area contributed by atoms with Gasteiger partial charge in [0.15, 0.2) is 0 Å². The second-order valence-corrected chi connectivity index (χ2v) is 5.94. The van der Waals surface area contributed by atoms with Gasteiger partial charge in [-0.2, -0.15) is 0 Å². The third kappa shape index (κ3) is 5.22. The molecule has 0 saturated carbocycles. The highest BCUT2D eigenvalue weighted by molar-refractivity contribution is 9.10. The molecular weight excluding hydrogens is 304 g/mol. The summed E-state index contributed by atoms with van der Waals surface area (Å²) in [7, 11) is 2.12. The molecule has 19 heavy (non-hydrogen) atoms. The normalized spacial score (nSPS) is 14.6. The maximum Gasteiger partial charge on any atom is 0.0504 e. The van der Waals surface area contributed by atoms with Gasteiger partial charge in [0.1, 0.15) is 0 Å². The fourth-order valence-corrected chi connectivity index (χ4v) is 2.95. The molecule has 0 aliphatic carbocycles. The van der Waals surface area contributed by atoms with Gasteiger partial charge in [-0.05, 0) is 51.4 Å². The number of unbranched alkanes of at least 4 members (excludes halogenated alkanes) is 2. The number of hydrogen-bond acceptors (Lipinski definition) is 3. The highest BCUT2D eigenvalue weighted by Gasteiger charge is 2.22. The summed E-state index contributed by atoms with van der Waals surface area (Å²) in [5.41, 5.74) is 7.40. The van der Waals surface area contributed by atoms with Crippen LogP contribution in [0.5, 0.6) is 0 Å². The number of hydrogen-bond donors (Lipinski definition) is 2. The molecule has 4 heteroatoms. The maximum absolute atomic E-state index is 8.80. The monoisotopic (exact) mass is 328 g/mol. The summed E-state index contributed by atoms with van der Waals surface area (Å²) < 4.78 is 1.11. The van der Waals surface area contributed by atoms with Gasteiger partial charge in [0.25, 0.3) is 0 Å². The van der Waals surface area contributed by atoms with Gasteiger partial charge in [0.2, 0.25) is 0 Å². The lowest BCUT2D eigenvalue weighted by molar-refractivity contribution is 0.210. The van der Waals surface area contributed by atoms with Crippen molar-refractivity contribution in [2.24, 2.45) is 5.73 Å². The van der Waals surface area contributed by atoms with E-state index in [1.165, 1.54) is 5.56 Å². The first-order chi connectivity index (χ1) is 9.07. The molecule has 0 saturated heterocycles.